The molecule has 1 amide bonds. The number of amides is 1. The van der Waals surface area contributed by atoms with Crippen molar-refractivity contribution in [3.63, 3.8) is 0 Å². The smallest absolute Gasteiger partial charge is 0.290 e. The van der Waals surface area contributed by atoms with Gasteiger partial charge in [-0.15, -0.1) is 10.2 Å². The molecule has 0 fully saturated rings. The van der Waals surface area contributed by atoms with Gasteiger partial charge in [0.05, 0.1) is 0 Å². The van der Waals surface area contributed by atoms with Crippen LogP contribution in [0, 0.1) is 0 Å². The Morgan fingerprint density at radius 1 is 1.16 bits per heavy atom. The number of nitrogens with one attached hydrogen (secondary N) is 1. The van der Waals surface area contributed by atoms with E-state index >= 15 is 0 Å². The molecule has 0 unspecified atom stereocenters. The first kappa shape index (κ1) is 23.9. The van der Waals surface area contributed by atoms with Gasteiger partial charge < -0.3 is 19.7 Å². The molecule has 170 valence electrons. The monoisotopic (exact) mass is 446 g/mol. The molecule has 3 aromatic heterocycles. The minimum absolute atomic E-state index is 0.169. The van der Waals surface area contributed by atoms with Gasteiger partial charge in [-0.1, -0.05) is 0 Å². The van der Waals surface area contributed by atoms with E-state index in [1.165, 1.54) is 13.0 Å². The number of aromatic amines is 1. The van der Waals surface area contributed by atoms with E-state index in [-0.39, 0.29) is 30.3 Å². The Hall–Kier alpha value is -4.36. The molecule has 1 aliphatic rings. The second-order valence-electron chi connectivity index (χ2n) is 6.36. The maximum absolute atomic E-state index is 12.7. The minimum Gasteiger partial charge on any atom is -0.483 e. The molecule has 0 saturated heterocycles. The van der Waals surface area contributed by atoms with Crippen molar-refractivity contribution in [1.29, 1.82) is 0 Å². The molecule has 3 N–H and O–H groups in total. The summed E-state index contributed by atoms with van der Waals surface area (Å²) in [6.07, 6.45) is 4.21. The lowest BCUT2D eigenvalue weighted by Gasteiger charge is -2.19. The normalized spacial score (nSPS) is 12.2. The number of carbonyl (C=O) groups is 4. The zero-order valence-corrected chi connectivity index (χ0v) is 17.2. The minimum atomic E-state index is -0.250. The van der Waals surface area contributed by atoms with Crippen LogP contribution in [0.5, 0.6) is 0 Å². The third-order valence-electron chi connectivity index (χ3n) is 4.42. The summed E-state index contributed by atoms with van der Waals surface area (Å²) in [7, 11) is 0. The largest absolute Gasteiger partial charge is 0.483 e. The Labute approximate surface area is 181 Å². The average Bonchev–Trinajstić information content (AvgIpc) is 3.49. The van der Waals surface area contributed by atoms with Crippen molar-refractivity contribution in [1.82, 2.24) is 39.6 Å². The lowest BCUT2D eigenvalue weighted by molar-refractivity contribution is -0.123. The number of carbonyl (C=O) groups excluding carboxylic acids is 2. The van der Waals surface area contributed by atoms with Gasteiger partial charge >= 0.3 is 0 Å². The number of carboxylic acid groups (broad SMARTS) is 2. The highest BCUT2D eigenvalue weighted by Gasteiger charge is 2.24. The molecule has 0 aromatic carbocycles. The van der Waals surface area contributed by atoms with Crippen molar-refractivity contribution in [3.05, 3.63) is 47.6 Å². The second-order valence-corrected chi connectivity index (χ2v) is 6.36. The lowest BCUT2D eigenvalue weighted by Crippen LogP contribution is -2.34. The Morgan fingerprint density at radius 3 is 2.47 bits per heavy atom. The zero-order chi connectivity index (χ0) is 23.5. The molecule has 0 bridgehead atoms. The van der Waals surface area contributed by atoms with Crippen LogP contribution in [0.4, 0.5) is 0 Å². The van der Waals surface area contributed by atoms with Gasteiger partial charge in [0.2, 0.25) is 0 Å². The predicted molar refractivity (Wildman–Crippen MR) is 107 cm³/mol. The summed E-state index contributed by atoms with van der Waals surface area (Å²) in [5, 5.41) is 33.0. The quantitative estimate of drug-likeness (QED) is 0.349. The molecule has 32 heavy (non-hydrogen) atoms. The Morgan fingerprint density at radius 2 is 1.88 bits per heavy atom. The molecular weight excluding hydrogens is 424 g/mol. The number of hydrogen-bond acceptors (Lipinski definition) is 8. The van der Waals surface area contributed by atoms with E-state index in [0.717, 1.165) is 11.6 Å². The van der Waals surface area contributed by atoms with Crippen LogP contribution < -0.4 is 0 Å². The molecule has 0 radical (unpaired) electrons. The maximum atomic E-state index is 12.7. The van der Waals surface area contributed by atoms with E-state index in [2.05, 4.69) is 25.5 Å². The third-order valence-corrected chi connectivity index (χ3v) is 4.42. The fourth-order valence-corrected chi connectivity index (χ4v) is 3.02. The maximum Gasteiger partial charge on any atom is 0.290 e. The number of fused-ring (bicyclic) bond motifs is 1. The van der Waals surface area contributed by atoms with Gasteiger partial charge in [0.15, 0.2) is 11.6 Å². The highest BCUT2D eigenvalue weighted by molar-refractivity contribution is 5.97. The molecule has 0 atom stereocenters. The Kier molecular flexibility index (Phi) is 8.77. The van der Waals surface area contributed by atoms with Gasteiger partial charge in [0.1, 0.15) is 23.8 Å². The van der Waals surface area contributed by atoms with Crippen LogP contribution in [0.15, 0.2) is 24.5 Å². The average molecular weight is 446 g/mol. The van der Waals surface area contributed by atoms with Crippen LogP contribution in [0.25, 0.3) is 0 Å². The molecule has 4 heterocycles. The molecule has 14 heteroatoms. The number of Topliss-reactive ketones (excluding diaryl/α,β-unsaturated/α-hetero) is 1. The van der Waals surface area contributed by atoms with E-state index in [4.69, 9.17) is 19.8 Å². The van der Waals surface area contributed by atoms with Crippen LogP contribution in [0.1, 0.15) is 39.5 Å². The number of nitrogens with zero attached hydrogens (tertiary/aromatic N) is 7. The van der Waals surface area contributed by atoms with Gasteiger partial charge in [0.25, 0.3) is 18.9 Å². The van der Waals surface area contributed by atoms with Crippen molar-refractivity contribution in [2.75, 3.05) is 13.1 Å². The van der Waals surface area contributed by atoms with Crippen LogP contribution in [-0.4, -0.2) is 87.6 Å². The van der Waals surface area contributed by atoms with Gasteiger partial charge in [-0.25, -0.2) is 0 Å². The topological polar surface area (TPSA) is 189 Å². The van der Waals surface area contributed by atoms with Gasteiger partial charge in [-0.05, 0) is 12.1 Å². The second kappa shape index (κ2) is 11.7. The highest BCUT2D eigenvalue weighted by Crippen LogP contribution is 2.13. The number of rotatable bonds is 4. The third kappa shape index (κ3) is 6.07. The summed E-state index contributed by atoms with van der Waals surface area (Å²) in [6.45, 7) is 3.13. The van der Waals surface area contributed by atoms with Crippen LogP contribution in [0.3, 0.4) is 0 Å². The number of H-pyrrole nitrogens is 1. The van der Waals surface area contributed by atoms with Crippen LogP contribution in [0.2, 0.25) is 0 Å². The molecule has 0 saturated carbocycles. The number of ketones is 1. The first-order valence-corrected chi connectivity index (χ1v) is 9.34. The SMILES string of the molecule is CC(=O)c1cc(C(=O)N2CCc3nnc(Cn4cccn4)n3CC2)[nH]n1.O=CO.O=CO. The summed E-state index contributed by atoms with van der Waals surface area (Å²) in [6, 6.07) is 3.36. The summed E-state index contributed by atoms with van der Waals surface area (Å²) in [5.41, 5.74) is 0.589. The van der Waals surface area contributed by atoms with Crippen molar-refractivity contribution in [3.8, 4) is 0 Å². The van der Waals surface area contributed by atoms with Gasteiger partial charge in [0, 0.05) is 45.4 Å². The summed E-state index contributed by atoms with van der Waals surface area (Å²) in [4.78, 5) is 42.5. The van der Waals surface area contributed by atoms with Gasteiger partial charge in [-0.3, -0.25) is 29.0 Å². The fraction of sp³-hybridized carbons (Fsp3) is 0.333. The fourth-order valence-electron chi connectivity index (χ4n) is 3.02. The highest BCUT2D eigenvalue weighted by atomic mass is 16.3. The molecule has 4 rings (SSSR count). The first-order valence-electron chi connectivity index (χ1n) is 9.34. The van der Waals surface area contributed by atoms with E-state index in [1.54, 1.807) is 15.8 Å². The molecule has 3 aromatic rings. The summed E-state index contributed by atoms with van der Waals surface area (Å²) in [5.74, 6) is 1.33. The Balaban J connectivity index is 0.000000547. The molecule has 14 nitrogen and oxygen atoms in total. The van der Waals surface area contributed by atoms with E-state index in [9.17, 15) is 9.59 Å². The Bertz CT molecular complexity index is 1040. The molecule has 1 aliphatic heterocycles. The van der Waals surface area contributed by atoms with Crippen molar-refractivity contribution < 1.29 is 29.4 Å². The zero-order valence-electron chi connectivity index (χ0n) is 17.2. The molecular formula is C18H22N8O6. The standard InChI is InChI=1S/C16H18N8O2.2CH2O2/c1-11(25)12-9-13(19-18-12)16(26)22-6-3-14-20-21-15(24(14)8-7-22)10-23-5-2-4-17-23;2*2-1-3/h2,4-5,9H,3,6-8,10H2,1H3,(H,18,19);2*1H,(H,2,3). The van der Waals surface area contributed by atoms with E-state index < -0.39 is 0 Å². The molecule has 0 aliphatic carbocycles. The lowest BCUT2D eigenvalue weighted by atomic mass is 10.2. The van der Waals surface area contributed by atoms with Crippen LogP contribution >= 0.6 is 0 Å². The number of aromatic nitrogens is 7. The van der Waals surface area contributed by atoms with Crippen molar-refractivity contribution >= 4 is 24.6 Å². The van der Waals surface area contributed by atoms with Crippen LogP contribution in [-0.2, 0) is 29.1 Å². The van der Waals surface area contributed by atoms with Crippen molar-refractivity contribution in [2.45, 2.75) is 26.4 Å². The predicted octanol–water partition coefficient (Wildman–Crippen LogP) is -0.451. The molecule has 0 spiro atoms. The van der Waals surface area contributed by atoms with E-state index in [0.29, 0.717) is 38.3 Å². The van der Waals surface area contributed by atoms with E-state index in [1.807, 2.05) is 16.8 Å². The first-order chi connectivity index (χ1) is 15.4. The van der Waals surface area contributed by atoms with Crippen molar-refractivity contribution in [2.24, 2.45) is 0 Å². The number of hydrogen-bond donors (Lipinski definition) is 3. The van der Waals surface area contributed by atoms with Gasteiger partial charge in [-0.2, -0.15) is 10.2 Å². The summed E-state index contributed by atoms with van der Waals surface area (Å²) < 4.78 is 3.84. The summed E-state index contributed by atoms with van der Waals surface area (Å²) >= 11 is 0.